The number of carbonyl (C=O) groups is 2. The molecule has 0 aromatic heterocycles. The van der Waals surface area contributed by atoms with Gasteiger partial charge in [0.15, 0.2) is 0 Å². The number of carboxylic acid groups (broad SMARTS) is 1. The Morgan fingerprint density at radius 2 is 1.86 bits per heavy atom. The van der Waals surface area contributed by atoms with Gasteiger partial charge in [-0.05, 0) is 40.5 Å². The highest BCUT2D eigenvalue weighted by atomic mass is 16.4. The Kier molecular flexibility index (Phi) is 5.55. The number of amides is 1. The van der Waals surface area contributed by atoms with Gasteiger partial charge in [0.25, 0.3) is 5.91 Å². The summed E-state index contributed by atoms with van der Waals surface area (Å²) in [4.78, 5) is 22.1. The maximum atomic E-state index is 11.7. The van der Waals surface area contributed by atoms with Crippen molar-refractivity contribution < 1.29 is 14.7 Å². The summed E-state index contributed by atoms with van der Waals surface area (Å²) < 4.78 is 0. The number of nitrogens with zero attached hydrogens (tertiary/aromatic N) is 1. The summed E-state index contributed by atoms with van der Waals surface area (Å²) >= 11 is 0. The topological polar surface area (TPSA) is 114 Å². The Hall–Kier alpha value is -2.07. The maximum Gasteiger partial charge on any atom is 0.322 e. The summed E-state index contributed by atoms with van der Waals surface area (Å²) in [5.41, 5.74) is -0.229. The van der Waals surface area contributed by atoms with Crippen LogP contribution in [0, 0.1) is 11.3 Å². The molecule has 1 aliphatic rings. The van der Waals surface area contributed by atoms with Gasteiger partial charge in [0.1, 0.15) is 18.2 Å². The van der Waals surface area contributed by atoms with Gasteiger partial charge in [0.2, 0.25) is 0 Å². The number of carboxylic acids is 1. The van der Waals surface area contributed by atoms with Gasteiger partial charge in [-0.3, -0.25) is 9.59 Å². The Bertz CT molecular complexity index is 501. The normalized spacial score (nSPS) is 20.8. The molecule has 1 aliphatic heterocycles. The van der Waals surface area contributed by atoms with Crippen molar-refractivity contribution in [3.8, 4) is 6.07 Å². The highest BCUT2D eigenvalue weighted by molar-refractivity contribution is 5.98. The highest BCUT2D eigenvalue weighted by Gasteiger charge is 2.37. The Balaban J connectivity index is 2.70. The monoisotopic (exact) mass is 308 g/mol. The van der Waals surface area contributed by atoms with Crippen molar-refractivity contribution in [3.63, 3.8) is 0 Å². The van der Waals surface area contributed by atoms with Crippen LogP contribution in [0.1, 0.15) is 40.5 Å². The average molecular weight is 308 g/mol. The number of hydrogen-bond donors (Lipinski definition) is 4. The molecule has 4 N–H and O–H groups in total. The smallest absolute Gasteiger partial charge is 0.322 e. The van der Waals surface area contributed by atoms with Crippen LogP contribution in [-0.2, 0) is 9.59 Å². The molecule has 7 heteroatoms. The van der Waals surface area contributed by atoms with Crippen LogP contribution in [0.3, 0.4) is 0 Å². The Labute approximate surface area is 130 Å². The lowest BCUT2D eigenvalue weighted by Crippen LogP contribution is -2.61. The molecule has 0 spiro atoms. The standard InChI is InChI=1S/C15H24N4O3/c1-14(2)5-11(6-15(3,4)19-14)17-8-10(7-16)13(22)18-9-12(20)21/h8,11,17,19H,5-6,9H2,1-4H3,(H,18,22)(H,20,21)/b10-8-. The molecule has 7 nitrogen and oxygen atoms in total. The first-order valence-electron chi connectivity index (χ1n) is 7.20. The van der Waals surface area contributed by atoms with E-state index in [0.717, 1.165) is 12.8 Å². The molecular weight excluding hydrogens is 284 g/mol. The van der Waals surface area contributed by atoms with Crippen LogP contribution in [0.25, 0.3) is 0 Å². The van der Waals surface area contributed by atoms with Crippen molar-refractivity contribution >= 4 is 11.9 Å². The minimum absolute atomic E-state index is 0.0500. The first-order valence-corrected chi connectivity index (χ1v) is 7.20. The fourth-order valence-corrected chi connectivity index (χ4v) is 3.04. The summed E-state index contributed by atoms with van der Waals surface area (Å²) in [7, 11) is 0. The number of carbonyl (C=O) groups excluding carboxylic acids is 1. The van der Waals surface area contributed by atoms with E-state index in [2.05, 4.69) is 43.6 Å². The molecule has 0 aromatic carbocycles. The molecule has 1 heterocycles. The molecule has 0 radical (unpaired) electrons. The largest absolute Gasteiger partial charge is 0.480 e. The van der Waals surface area contributed by atoms with Crippen molar-refractivity contribution in [3.05, 3.63) is 11.8 Å². The molecule has 1 fully saturated rings. The molecule has 0 unspecified atom stereocenters. The zero-order valence-electron chi connectivity index (χ0n) is 13.5. The van der Waals surface area contributed by atoms with E-state index < -0.39 is 18.4 Å². The minimum atomic E-state index is -1.15. The molecule has 0 aliphatic carbocycles. The van der Waals surface area contributed by atoms with E-state index in [4.69, 9.17) is 10.4 Å². The lowest BCUT2D eigenvalue weighted by atomic mass is 9.80. The zero-order chi connectivity index (χ0) is 17.0. The number of nitriles is 1. The number of piperidine rings is 1. The summed E-state index contributed by atoms with van der Waals surface area (Å²) in [5.74, 6) is -1.84. The second kappa shape index (κ2) is 6.79. The zero-order valence-corrected chi connectivity index (χ0v) is 13.5. The van der Waals surface area contributed by atoms with Crippen molar-refractivity contribution in [1.82, 2.24) is 16.0 Å². The van der Waals surface area contributed by atoms with Crippen LogP contribution in [0.15, 0.2) is 11.8 Å². The third kappa shape index (κ3) is 5.74. The number of aliphatic carboxylic acids is 1. The lowest BCUT2D eigenvalue weighted by molar-refractivity contribution is -0.137. The summed E-state index contributed by atoms with van der Waals surface area (Å²) in [6, 6.07) is 1.91. The van der Waals surface area contributed by atoms with E-state index >= 15 is 0 Å². The summed E-state index contributed by atoms with van der Waals surface area (Å²) in [6.45, 7) is 7.92. The molecule has 22 heavy (non-hydrogen) atoms. The number of rotatable bonds is 5. The molecular formula is C15H24N4O3. The average Bonchev–Trinajstić information content (AvgIpc) is 2.33. The van der Waals surface area contributed by atoms with Crippen molar-refractivity contribution in [1.29, 1.82) is 5.26 Å². The number of nitrogens with one attached hydrogen (secondary N) is 3. The molecule has 1 amide bonds. The first kappa shape index (κ1) is 18.0. The molecule has 0 saturated carbocycles. The maximum absolute atomic E-state index is 11.7. The summed E-state index contributed by atoms with van der Waals surface area (Å²) in [6.07, 6.45) is 3.07. The highest BCUT2D eigenvalue weighted by Crippen LogP contribution is 2.28. The second-order valence-corrected chi connectivity index (χ2v) is 6.91. The van der Waals surface area contributed by atoms with E-state index in [0.29, 0.717) is 0 Å². The van der Waals surface area contributed by atoms with Crippen molar-refractivity contribution in [2.75, 3.05) is 6.54 Å². The van der Waals surface area contributed by atoms with Gasteiger partial charge in [-0.1, -0.05) is 0 Å². The predicted octanol–water partition coefficient (Wildman–Crippen LogP) is 0.493. The van der Waals surface area contributed by atoms with E-state index in [1.165, 1.54) is 6.20 Å². The predicted molar refractivity (Wildman–Crippen MR) is 81.8 cm³/mol. The van der Waals surface area contributed by atoms with Crippen LogP contribution in [0.2, 0.25) is 0 Å². The van der Waals surface area contributed by atoms with E-state index in [1.807, 2.05) is 0 Å². The molecule has 0 bridgehead atoms. The number of hydrogen-bond acceptors (Lipinski definition) is 5. The van der Waals surface area contributed by atoms with Gasteiger partial charge in [-0.15, -0.1) is 0 Å². The third-order valence-corrected chi connectivity index (χ3v) is 3.42. The van der Waals surface area contributed by atoms with Crippen LogP contribution < -0.4 is 16.0 Å². The molecule has 0 atom stereocenters. The van der Waals surface area contributed by atoms with E-state index in [1.54, 1.807) is 6.07 Å². The first-order chi connectivity index (χ1) is 10.0. The van der Waals surface area contributed by atoms with Gasteiger partial charge >= 0.3 is 5.97 Å². The summed E-state index contributed by atoms with van der Waals surface area (Å²) in [5, 5.41) is 26.4. The van der Waals surface area contributed by atoms with Crippen LogP contribution in [-0.4, -0.2) is 40.6 Å². The lowest BCUT2D eigenvalue weighted by Gasteiger charge is -2.46. The van der Waals surface area contributed by atoms with Gasteiger partial charge < -0.3 is 21.1 Å². The van der Waals surface area contributed by atoms with Crippen molar-refractivity contribution in [2.45, 2.75) is 57.7 Å². The van der Waals surface area contributed by atoms with Gasteiger partial charge in [-0.25, -0.2) is 0 Å². The minimum Gasteiger partial charge on any atom is -0.480 e. The second-order valence-electron chi connectivity index (χ2n) is 6.91. The van der Waals surface area contributed by atoms with Crippen molar-refractivity contribution in [2.24, 2.45) is 0 Å². The van der Waals surface area contributed by atoms with Crippen LogP contribution >= 0.6 is 0 Å². The molecule has 122 valence electrons. The fraction of sp³-hybridized carbons (Fsp3) is 0.667. The quantitative estimate of drug-likeness (QED) is 0.434. The van der Waals surface area contributed by atoms with Gasteiger partial charge in [-0.2, -0.15) is 5.26 Å². The van der Waals surface area contributed by atoms with Gasteiger partial charge in [0.05, 0.1) is 0 Å². The molecule has 1 rings (SSSR count). The van der Waals surface area contributed by atoms with Crippen LogP contribution in [0.5, 0.6) is 0 Å². The molecule has 1 saturated heterocycles. The van der Waals surface area contributed by atoms with E-state index in [9.17, 15) is 9.59 Å². The van der Waals surface area contributed by atoms with Crippen LogP contribution in [0.4, 0.5) is 0 Å². The Morgan fingerprint density at radius 3 is 2.32 bits per heavy atom. The Morgan fingerprint density at radius 1 is 1.32 bits per heavy atom. The SMILES string of the molecule is CC1(C)CC(N/C=C(/C#N)C(=O)NCC(=O)O)CC(C)(C)N1. The van der Waals surface area contributed by atoms with E-state index in [-0.39, 0.29) is 22.7 Å². The fourth-order valence-electron chi connectivity index (χ4n) is 3.04. The third-order valence-electron chi connectivity index (χ3n) is 3.42. The van der Waals surface area contributed by atoms with Gasteiger partial charge in [0, 0.05) is 23.3 Å². The molecule has 0 aromatic rings.